The smallest absolute Gasteiger partial charge is 0.186 e. The minimum Gasteiger partial charge on any atom is -0.365 e. The molecule has 0 aliphatic heterocycles. The van der Waals surface area contributed by atoms with Gasteiger partial charge in [-0.15, -0.1) is 5.10 Å². The number of benzene rings is 3. The summed E-state index contributed by atoms with van der Waals surface area (Å²) in [5, 5.41) is 13.5. The van der Waals surface area contributed by atoms with Crippen LogP contribution in [0.4, 0.5) is 5.82 Å². The number of para-hydroxylation sites is 1. The highest BCUT2D eigenvalue weighted by molar-refractivity contribution is 5.93. The molecule has 0 bridgehead atoms. The standard InChI is InChI=1S/C26H25N5/c1-17(2)20-14-12-19(13-15-20)16-27-25-22-10-6-7-11-23(22)31-26(28-25)24(29-30-31)21-9-5-4-8-18(21)3/h4-15,17H,16H2,1-3H3,(H,27,28). The van der Waals surface area contributed by atoms with Crippen LogP contribution in [-0.2, 0) is 6.54 Å². The molecule has 0 fully saturated rings. The highest BCUT2D eigenvalue weighted by Crippen LogP contribution is 2.29. The van der Waals surface area contributed by atoms with Crippen LogP contribution in [-0.4, -0.2) is 19.8 Å². The van der Waals surface area contributed by atoms with Gasteiger partial charge in [-0.2, -0.15) is 4.52 Å². The van der Waals surface area contributed by atoms with Crippen molar-refractivity contribution in [2.45, 2.75) is 33.2 Å². The maximum absolute atomic E-state index is 4.97. The van der Waals surface area contributed by atoms with E-state index >= 15 is 0 Å². The Bertz CT molecular complexity index is 1370. The number of aromatic nitrogens is 4. The van der Waals surface area contributed by atoms with Crippen molar-refractivity contribution in [3.05, 3.63) is 89.5 Å². The van der Waals surface area contributed by atoms with Gasteiger partial charge in [0.05, 0.1) is 5.52 Å². The highest BCUT2D eigenvalue weighted by Gasteiger charge is 2.16. The molecule has 5 heteroatoms. The molecule has 5 nitrogen and oxygen atoms in total. The number of nitrogens with one attached hydrogen (secondary N) is 1. The highest BCUT2D eigenvalue weighted by atomic mass is 15.4. The lowest BCUT2D eigenvalue weighted by Crippen LogP contribution is -2.05. The van der Waals surface area contributed by atoms with Crippen molar-refractivity contribution in [2.75, 3.05) is 5.32 Å². The lowest BCUT2D eigenvalue weighted by molar-refractivity contribution is 0.865. The Morgan fingerprint density at radius 1 is 0.903 bits per heavy atom. The van der Waals surface area contributed by atoms with Gasteiger partial charge in [-0.1, -0.05) is 79.7 Å². The fourth-order valence-electron chi connectivity index (χ4n) is 3.92. The zero-order valence-corrected chi connectivity index (χ0v) is 18.0. The molecule has 5 aromatic rings. The zero-order chi connectivity index (χ0) is 21.4. The topological polar surface area (TPSA) is 55.1 Å². The molecule has 2 heterocycles. The van der Waals surface area contributed by atoms with Crippen LogP contribution in [0.3, 0.4) is 0 Å². The van der Waals surface area contributed by atoms with Crippen LogP contribution in [0.5, 0.6) is 0 Å². The molecule has 5 rings (SSSR count). The van der Waals surface area contributed by atoms with E-state index in [-0.39, 0.29) is 0 Å². The lowest BCUT2D eigenvalue weighted by atomic mass is 10.0. The van der Waals surface area contributed by atoms with Crippen molar-refractivity contribution in [1.29, 1.82) is 0 Å². The van der Waals surface area contributed by atoms with E-state index in [1.165, 1.54) is 11.1 Å². The molecule has 0 aliphatic carbocycles. The first-order chi connectivity index (χ1) is 15.1. The molecule has 0 amide bonds. The number of rotatable bonds is 5. The van der Waals surface area contributed by atoms with Crippen LogP contribution in [0.15, 0.2) is 72.8 Å². The number of anilines is 1. The van der Waals surface area contributed by atoms with Gasteiger partial charge in [0, 0.05) is 17.5 Å². The third-order valence-electron chi connectivity index (χ3n) is 5.76. The zero-order valence-electron chi connectivity index (χ0n) is 18.0. The number of hydrogen-bond donors (Lipinski definition) is 1. The van der Waals surface area contributed by atoms with Crippen LogP contribution in [0, 0.1) is 6.92 Å². The molecule has 1 N–H and O–H groups in total. The number of nitrogens with zero attached hydrogens (tertiary/aromatic N) is 4. The fraction of sp³-hybridized carbons (Fsp3) is 0.192. The molecule has 0 saturated heterocycles. The van der Waals surface area contributed by atoms with Gasteiger partial charge in [0.15, 0.2) is 5.65 Å². The molecule has 0 saturated carbocycles. The quantitative estimate of drug-likeness (QED) is 0.389. The summed E-state index contributed by atoms with van der Waals surface area (Å²) in [5.41, 5.74) is 7.31. The molecule has 2 aromatic heterocycles. The van der Waals surface area contributed by atoms with Crippen LogP contribution >= 0.6 is 0 Å². The molecular weight excluding hydrogens is 382 g/mol. The Hall–Kier alpha value is -3.73. The average Bonchev–Trinajstić information content (AvgIpc) is 3.22. The van der Waals surface area contributed by atoms with E-state index < -0.39 is 0 Å². The van der Waals surface area contributed by atoms with Gasteiger partial charge in [0.2, 0.25) is 0 Å². The molecule has 3 aromatic carbocycles. The van der Waals surface area contributed by atoms with Crippen molar-refractivity contribution in [3.63, 3.8) is 0 Å². The molecular formula is C26H25N5. The van der Waals surface area contributed by atoms with Crippen molar-refractivity contribution in [2.24, 2.45) is 0 Å². The monoisotopic (exact) mass is 407 g/mol. The first-order valence-electron chi connectivity index (χ1n) is 10.6. The normalized spacial score (nSPS) is 11.5. The summed E-state index contributed by atoms with van der Waals surface area (Å²) in [4.78, 5) is 4.97. The van der Waals surface area contributed by atoms with Gasteiger partial charge in [0.1, 0.15) is 11.5 Å². The molecule has 0 aliphatic rings. The first kappa shape index (κ1) is 19.2. The lowest BCUT2D eigenvalue weighted by Gasteiger charge is -2.12. The third kappa shape index (κ3) is 3.52. The van der Waals surface area contributed by atoms with Gasteiger partial charge in [0.25, 0.3) is 0 Å². The SMILES string of the molecule is Cc1ccccc1-c1nnn2c1nc(NCc1ccc(C(C)C)cc1)c1ccccc12. The van der Waals surface area contributed by atoms with Gasteiger partial charge in [-0.25, -0.2) is 4.98 Å². The Morgan fingerprint density at radius 2 is 1.65 bits per heavy atom. The minimum atomic E-state index is 0.532. The van der Waals surface area contributed by atoms with E-state index in [0.29, 0.717) is 12.5 Å². The van der Waals surface area contributed by atoms with E-state index in [1.807, 2.05) is 28.8 Å². The summed E-state index contributed by atoms with van der Waals surface area (Å²) in [6.45, 7) is 7.21. The molecule has 0 unspecified atom stereocenters. The molecule has 0 radical (unpaired) electrons. The Morgan fingerprint density at radius 3 is 2.42 bits per heavy atom. The second kappa shape index (κ2) is 7.84. The van der Waals surface area contributed by atoms with Gasteiger partial charge < -0.3 is 5.32 Å². The van der Waals surface area contributed by atoms with Gasteiger partial charge in [-0.3, -0.25) is 0 Å². The Kier molecular flexibility index (Phi) is 4.86. The average molecular weight is 408 g/mol. The molecule has 31 heavy (non-hydrogen) atoms. The fourth-order valence-corrected chi connectivity index (χ4v) is 3.92. The van der Waals surface area contributed by atoms with E-state index in [9.17, 15) is 0 Å². The van der Waals surface area contributed by atoms with Crippen molar-refractivity contribution in [3.8, 4) is 11.3 Å². The largest absolute Gasteiger partial charge is 0.365 e. The number of hydrogen-bond acceptors (Lipinski definition) is 4. The Labute approximate surface area is 181 Å². The summed E-state index contributed by atoms with van der Waals surface area (Å²) >= 11 is 0. The predicted octanol–water partition coefficient (Wildman–Crippen LogP) is 5.99. The van der Waals surface area contributed by atoms with Crippen LogP contribution in [0.25, 0.3) is 27.8 Å². The van der Waals surface area contributed by atoms with Crippen LogP contribution < -0.4 is 5.32 Å². The summed E-state index contributed by atoms with van der Waals surface area (Å²) < 4.78 is 1.83. The molecule has 154 valence electrons. The predicted molar refractivity (Wildman–Crippen MR) is 126 cm³/mol. The Balaban J connectivity index is 1.58. The van der Waals surface area contributed by atoms with Crippen LogP contribution in [0.2, 0.25) is 0 Å². The van der Waals surface area contributed by atoms with Crippen molar-refractivity contribution < 1.29 is 0 Å². The van der Waals surface area contributed by atoms with Gasteiger partial charge >= 0.3 is 0 Å². The molecule has 0 spiro atoms. The van der Waals surface area contributed by atoms with E-state index in [1.54, 1.807) is 0 Å². The number of fused-ring (bicyclic) bond motifs is 3. The maximum Gasteiger partial charge on any atom is 0.186 e. The van der Waals surface area contributed by atoms with Crippen molar-refractivity contribution in [1.82, 2.24) is 19.8 Å². The van der Waals surface area contributed by atoms with E-state index in [2.05, 4.69) is 84.9 Å². The second-order valence-corrected chi connectivity index (χ2v) is 8.22. The van der Waals surface area contributed by atoms with Crippen molar-refractivity contribution >= 4 is 22.4 Å². The first-order valence-corrected chi connectivity index (χ1v) is 10.6. The summed E-state index contributed by atoms with van der Waals surface area (Å²) in [5.74, 6) is 1.37. The minimum absolute atomic E-state index is 0.532. The van der Waals surface area contributed by atoms with Crippen LogP contribution in [0.1, 0.15) is 36.5 Å². The van der Waals surface area contributed by atoms with Gasteiger partial charge in [-0.05, 0) is 41.7 Å². The summed E-state index contributed by atoms with van der Waals surface area (Å²) in [6, 6.07) is 25.2. The summed E-state index contributed by atoms with van der Waals surface area (Å²) in [7, 11) is 0. The summed E-state index contributed by atoms with van der Waals surface area (Å²) in [6.07, 6.45) is 0. The maximum atomic E-state index is 4.97. The molecule has 0 atom stereocenters. The second-order valence-electron chi connectivity index (χ2n) is 8.22. The third-order valence-corrected chi connectivity index (χ3v) is 5.76. The van der Waals surface area contributed by atoms with E-state index in [0.717, 1.165) is 39.2 Å². The number of aryl methyl sites for hydroxylation is 1. The van der Waals surface area contributed by atoms with E-state index in [4.69, 9.17) is 4.98 Å².